The lowest BCUT2D eigenvalue weighted by Gasteiger charge is -2.31. The Bertz CT molecular complexity index is 1240. The summed E-state index contributed by atoms with van der Waals surface area (Å²) in [6.45, 7) is 2.30. The van der Waals surface area contributed by atoms with Crippen molar-refractivity contribution in [1.82, 2.24) is 10.2 Å². The molecular weight excluding hydrogens is 566 g/mol. The molecule has 36 heavy (non-hydrogen) atoms. The van der Waals surface area contributed by atoms with E-state index in [1.807, 2.05) is 0 Å². The van der Waals surface area contributed by atoms with E-state index in [4.69, 9.17) is 34.8 Å². The van der Waals surface area contributed by atoms with Gasteiger partial charge in [-0.3, -0.25) is 13.9 Å². The first-order chi connectivity index (χ1) is 16.6. The normalized spacial score (nSPS) is 12.7. The van der Waals surface area contributed by atoms with Crippen LogP contribution in [-0.2, 0) is 32.3 Å². The zero-order valence-corrected chi connectivity index (χ0v) is 22.5. The van der Waals surface area contributed by atoms with Gasteiger partial charge in [0, 0.05) is 23.1 Å². The molecule has 1 N–H and O–H groups in total. The van der Waals surface area contributed by atoms with Crippen LogP contribution in [0.15, 0.2) is 36.4 Å². The number of halogens is 6. The molecule has 2 aromatic rings. The highest BCUT2D eigenvalue weighted by Gasteiger charge is 2.35. The number of carbonyl (C=O) groups is 2. The van der Waals surface area contributed by atoms with Gasteiger partial charge in [0.05, 0.1) is 22.5 Å². The number of nitrogens with one attached hydrogen (secondary N) is 1. The van der Waals surface area contributed by atoms with Crippen molar-refractivity contribution < 1.29 is 31.2 Å². The quantitative estimate of drug-likeness (QED) is 0.448. The van der Waals surface area contributed by atoms with Crippen LogP contribution in [0.2, 0.25) is 15.1 Å². The first-order valence-electron chi connectivity index (χ1n) is 10.4. The van der Waals surface area contributed by atoms with Crippen LogP contribution in [0.5, 0.6) is 0 Å². The maximum absolute atomic E-state index is 13.4. The number of hydrogen-bond acceptors (Lipinski definition) is 4. The summed E-state index contributed by atoms with van der Waals surface area (Å²) in [4.78, 5) is 27.0. The standard InChI is InChI=1S/C22H23Cl3F3N3O4S/c1-4-29-21(33)13(2)30(11-14-5-6-15(23)9-19(14)25)20(32)12-31(36(3,34)35)16-7-8-18(24)17(10-16)22(26,27)28/h5-10,13H,4,11-12H2,1-3H3,(H,29,33)/t13-/m0/s1. The number of nitrogens with zero attached hydrogens (tertiary/aromatic N) is 2. The van der Waals surface area contributed by atoms with Gasteiger partial charge in [-0.25, -0.2) is 8.42 Å². The Balaban J connectivity index is 2.50. The smallest absolute Gasteiger partial charge is 0.355 e. The summed E-state index contributed by atoms with van der Waals surface area (Å²) >= 11 is 17.8. The molecule has 0 aliphatic rings. The third kappa shape index (κ3) is 7.64. The van der Waals surface area contributed by atoms with E-state index in [2.05, 4.69) is 5.32 Å². The summed E-state index contributed by atoms with van der Waals surface area (Å²) in [7, 11) is -4.23. The Morgan fingerprint density at radius 1 is 1.06 bits per heavy atom. The largest absolute Gasteiger partial charge is 0.417 e. The molecule has 0 aliphatic heterocycles. The van der Waals surface area contributed by atoms with Gasteiger partial charge in [0.15, 0.2) is 0 Å². The van der Waals surface area contributed by atoms with Gasteiger partial charge in [-0.2, -0.15) is 13.2 Å². The Hall–Kier alpha value is -2.21. The summed E-state index contributed by atoms with van der Waals surface area (Å²) < 4.78 is 65.6. The van der Waals surface area contributed by atoms with Crippen LogP contribution in [0, 0.1) is 0 Å². The number of amides is 2. The van der Waals surface area contributed by atoms with Crippen molar-refractivity contribution in [3.8, 4) is 0 Å². The van der Waals surface area contributed by atoms with E-state index in [0.717, 1.165) is 23.3 Å². The Kier molecular flexibility index (Phi) is 9.91. The van der Waals surface area contributed by atoms with Gasteiger partial charge in [0.25, 0.3) is 0 Å². The van der Waals surface area contributed by atoms with Gasteiger partial charge in [-0.1, -0.05) is 40.9 Å². The van der Waals surface area contributed by atoms with Crippen molar-refractivity contribution in [3.05, 3.63) is 62.6 Å². The van der Waals surface area contributed by atoms with E-state index >= 15 is 0 Å². The van der Waals surface area contributed by atoms with Crippen molar-refractivity contribution in [2.75, 3.05) is 23.7 Å². The number of rotatable bonds is 9. The minimum Gasteiger partial charge on any atom is -0.355 e. The molecule has 0 bridgehead atoms. The van der Waals surface area contributed by atoms with Crippen molar-refractivity contribution in [1.29, 1.82) is 0 Å². The number of benzene rings is 2. The summed E-state index contributed by atoms with van der Waals surface area (Å²) in [6.07, 6.45) is -4.11. The second-order valence-corrected chi connectivity index (χ2v) is 10.9. The number of anilines is 1. The van der Waals surface area contributed by atoms with Crippen LogP contribution in [0.3, 0.4) is 0 Å². The first kappa shape index (κ1) is 30.0. The summed E-state index contributed by atoms with van der Waals surface area (Å²) in [5.41, 5.74) is -1.26. The fourth-order valence-electron chi connectivity index (χ4n) is 3.24. The lowest BCUT2D eigenvalue weighted by Crippen LogP contribution is -2.51. The Morgan fingerprint density at radius 2 is 1.69 bits per heavy atom. The molecule has 0 spiro atoms. The maximum Gasteiger partial charge on any atom is 0.417 e. The molecule has 2 aromatic carbocycles. The van der Waals surface area contributed by atoms with Crippen LogP contribution >= 0.6 is 34.8 Å². The van der Waals surface area contributed by atoms with E-state index in [0.29, 0.717) is 21.0 Å². The summed E-state index contributed by atoms with van der Waals surface area (Å²) in [5.74, 6) is -1.37. The molecule has 0 heterocycles. The van der Waals surface area contributed by atoms with Crippen LogP contribution < -0.4 is 9.62 Å². The van der Waals surface area contributed by atoms with Gasteiger partial charge in [-0.05, 0) is 49.7 Å². The average Bonchev–Trinajstić information content (AvgIpc) is 2.75. The number of alkyl halides is 3. The maximum atomic E-state index is 13.4. The zero-order chi connectivity index (χ0) is 27.4. The van der Waals surface area contributed by atoms with Crippen LogP contribution in [-0.4, -0.2) is 50.5 Å². The molecule has 2 amide bonds. The minimum atomic E-state index is -4.86. The first-order valence-corrected chi connectivity index (χ1v) is 13.4. The monoisotopic (exact) mass is 587 g/mol. The lowest BCUT2D eigenvalue weighted by atomic mass is 10.1. The van der Waals surface area contributed by atoms with E-state index in [9.17, 15) is 31.2 Å². The fraction of sp³-hybridized carbons (Fsp3) is 0.364. The molecular formula is C22H23Cl3F3N3O4S. The highest BCUT2D eigenvalue weighted by molar-refractivity contribution is 7.92. The van der Waals surface area contributed by atoms with Gasteiger partial charge >= 0.3 is 6.18 Å². The predicted molar refractivity (Wildman–Crippen MR) is 134 cm³/mol. The van der Waals surface area contributed by atoms with E-state index in [1.165, 1.54) is 19.1 Å². The molecule has 14 heteroatoms. The van der Waals surface area contributed by atoms with Crippen molar-refractivity contribution in [2.24, 2.45) is 0 Å². The molecule has 0 unspecified atom stereocenters. The fourth-order valence-corrected chi connectivity index (χ4v) is 4.77. The third-order valence-corrected chi connectivity index (χ3v) is 7.15. The topological polar surface area (TPSA) is 86.8 Å². The lowest BCUT2D eigenvalue weighted by molar-refractivity contribution is -0.139. The molecule has 7 nitrogen and oxygen atoms in total. The third-order valence-electron chi connectivity index (χ3n) is 5.10. The molecule has 0 fully saturated rings. The van der Waals surface area contributed by atoms with Crippen LogP contribution in [0.25, 0.3) is 0 Å². The number of sulfonamides is 1. The average molecular weight is 589 g/mol. The van der Waals surface area contributed by atoms with Crippen LogP contribution in [0.1, 0.15) is 25.0 Å². The molecule has 0 radical (unpaired) electrons. The predicted octanol–water partition coefficient (Wildman–Crippen LogP) is 4.99. The molecule has 0 aliphatic carbocycles. The second-order valence-electron chi connectivity index (χ2n) is 7.76. The zero-order valence-electron chi connectivity index (χ0n) is 19.4. The van der Waals surface area contributed by atoms with E-state index in [1.54, 1.807) is 13.0 Å². The molecule has 2 rings (SSSR count). The molecule has 0 aromatic heterocycles. The highest BCUT2D eigenvalue weighted by atomic mass is 35.5. The molecule has 198 valence electrons. The van der Waals surface area contributed by atoms with Gasteiger partial charge in [-0.15, -0.1) is 0 Å². The van der Waals surface area contributed by atoms with Gasteiger partial charge in [0.1, 0.15) is 12.6 Å². The molecule has 1 atom stereocenters. The van der Waals surface area contributed by atoms with Crippen molar-refractivity contribution in [2.45, 2.75) is 32.6 Å². The summed E-state index contributed by atoms with van der Waals surface area (Å²) in [6, 6.07) is 5.93. The Labute approximate surface area is 222 Å². The number of likely N-dealkylation sites (N-methyl/N-ethyl adjacent to an activating group) is 1. The molecule has 0 saturated heterocycles. The van der Waals surface area contributed by atoms with E-state index in [-0.39, 0.29) is 18.1 Å². The minimum absolute atomic E-state index is 0.195. The van der Waals surface area contributed by atoms with Crippen molar-refractivity contribution >= 4 is 62.3 Å². The highest BCUT2D eigenvalue weighted by Crippen LogP contribution is 2.37. The SMILES string of the molecule is CCNC(=O)[C@H](C)N(Cc1ccc(Cl)cc1Cl)C(=O)CN(c1ccc(Cl)c(C(F)(F)F)c1)S(C)(=O)=O. The van der Waals surface area contributed by atoms with E-state index < -0.39 is 56.9 Å². The van der Waals surface area contributed by atoms with Crippen molar-refractivity contribution in [3.63, 3.8) is 0 Å². The van der Waals surface area contributed by atoms with Gasteiger partial charge in [0.2, 0.25) is 21.8 Å². The summed E-state index contributed by atoms with van der Waals surface area (Å²) in [5, 5.41) is 2.49. The Morgan fingerprint density at radius 3 is 2.22 bits per heavy atom. The second kappa shape index (κ2) is 11.9. The molecule has 0 saturated carbocycles. The number of carbonyl (C=O) groups excluding carboxylic acids is 2. The van der Waals surface area contributed by atoms with Gasteiger partial charge < -0.3 is 10.2 Å². The number of hydrogen-bond donors (Lipinski definition) is 1. The van der Waals surface area contributed by atoms with Crippen LogP contribution in [0.4, 0.5) is 18.9 Å².